The van der Waals surface area contributed by atoms with Crippen molar-refractivity contribution in [2.75, 3.05) is 13.9 Å². The fourth-order valence-corrected chi connectivity index (χ4v) is 5.30. The zero-order chi connectivity index (χ0) is 22.9. The van der Waals surface area contributed by atoms with Crippen LogP contribution in [-0.4, -0.2) is 64.8 Å². The average Bonchev–Trinajstić information content (AvgIpc) is 2.76. The van der Waals surface area contributed by atoms with Gasteiger partial charge >= 0.3 is 7.05 Å². The van der Waals surface area contributed by atoms with Crippen LogP contribution in [0.15, 0.2) is 30.3 Å². The predicted octanol–water partition coefficient (Wildman–Crippen LogP) is 3.99. The molecule has 2 bridgehead atoms. The Balaban J connectivity index is 1.51. The molecule has 1 aromatic heterocycles. The summed E-state index contributed by atoms with van der Waals surface area (Å²) in [6.45, 7) is 3.85. The summed E-state index contributed by atoms with van der Waals surface area (Å²) in [7, 11) is 0.840. The van der Waals surface area contributed by atoms with E-state index in [1.54, 1.807) is 37.2 Å². The SMILES string of the molecule is COCOc1cc(Cl)ccc1-c1ccc(O[C@H]2C[C@]3(C)CCCC([C@H]2F)N3B(C)O)nn1. The van der Waals surface area contributed by atoms with Crippen molar-refractivity contribution in [2.24, 2.45) is 0 Å². The molecule has 1 N–H and O–H groups in total. The maximum absolute atomic E-state index is 15.4. The van der Waals surface area contributed by atoms with Gasteiger partial charge in [-0.2, -0.15) is 0 Å². The molecule has 32 heavy (non-hydrogen) atoms. The summed E-state index contributed by atoms with van der Waals surface area (Å²) in [5.41, 5.74) is 0.972. The van der Waals surface area contributed by atoms with Crippen molar-refractivity contribution in [1.29, 1.82) is 0 Å². The molecule has 0 amide bonds. The lowest BCUT2D eigenvalue weighted by molar-refractivity contribution is -0.0838. The van der Waals surface area contributed by atoms with Gasteiger partial charge in [0.1, 0.15) is 11.9 Å². The Hall–Kier alpha value is -1.94. The first-order valence-electron chi connectivity index (χ1n) is 10.8. The summed E-state index contributed by atoms with van der Waals surface area (Å²) in [6.07, 6.45) is 1.16. The second kappa shape index (κ2) is 9.51. The Kier molecular flexibility index (Phi) is 6.90. The van der Waals surface area contributed by atoms with Gasteiger partial charge in [-0.1, -0.05) is 18.0 Å². The highest BCUT2D eigenvalue weighted by Gasteiger charge is 2.54. The van der Waals surface area contributed by atoms with E-state index >= 15 is 4.39 Å². The summed E-state index contributed by atoms with van der Waals surface area (Å²) in [6, 6.07) is 8.30. The van der Waals surface area contributed by atoms with Gasteiger partial charge in [0.05, 0.1) is 5.69 Å². The predicted molar refractivity (Wildman–Crippen MR) is 121 cm³/mol. The number of hydrogen-bond acceptors (Lipinski definition) is 7. The summed E-state index contributed by atoms with van der Waals surface area (Å²) < 4.78 is 31.9. The van der Waals surface area contributed by atoms with Crippen molar-refractivity contribution in [1.82, 2.24) is 15.0 Å². The fraction of sp³-hybridized carbons (Fsp3) is 0.545. The molecule has 10 heteroatoms. The number of methoxy groups -OCH3 is 1. The lowest BCUT2D eigenvalue weighted by atomic mass is 9.65. The van der Waals surface area contributed by atoms with Gasteiger partial charge in [-0.05, 0) is 50.9 Å². The van der Waals surface area contributed by atoms with E-state index in [0.717, 1.165) is 12.8 Å². The molecule has 4 atom stereocenters. The van der Waals surface area contributed by atoms with Crippen LogP contribution < -0.4 is 9.47 Å². The van der Waals surface area contributed by atoms with Gasteiger partial charge in [0, 0.05) is 41.8 Å². The molecule has 1 unspecified atom stereocenters. The molecule has 0 spiro atoms. The molecular formula is C22H28BClFN3O4. The second-order valence-electron chi connectivity index (χ2n) is 8.75. The fourth-order valence-electron chi connectivity index (χ4n) is 5.14. The Bertz CT molecular complexity index is 938. The number of alkyl halides is 1. The number of benzene rings is 1. The van der Waals surface area contributed by atoms with E-state index in [2.05, 4.69) is 17.1 Å². The maximum atomic E-state index is 15.4. The zero-order valence-electron chi connectivity index (χ0n) is 18.5. The average molecular weight is 464 g/mol. The highest BCUT2D eigenvalue weighted by molar-refractivity contribution is 6.45. The number of ether oxygens (including phenoxy) is 3. The molecule has 2 saturated heterocycles. The molecule has 2 fully saturated rings. The normalized spacial score (nSPS) is 27.8. The topological polar surface area (TPSA) is 76.9 Å². The molecule has 1 aromatic carbocycles. The molecule has 0 radical (unpaired) electrons. The van der Waals surface area contributed by atoms with Gasteiger partial charge in [-0.25, -0.2) is 4.39 Å². The lowest BCUT2D eigenvalue weighted by Gasteiger charge is -2.57. The molecule has 4 rings (SSSR count). The first kappa shape index (κ1) is 23.2. The highest BCUT2D eigenvalue weighted by atomic mass is 35.5. The van der Waals surface area contributed by atoms with Crippen LogP contribution in [0, 0.1) is 0 Å². The molecule has 172 valence electrons. The Labute approximate surface area is 193 Å². The number of fused-ring (bicyclic) bond motifs is 2. The minimum atomic E-state index is -1.22. The summed E-state index contributed by atoms with van der Waals surface area (Å²) in [5, 5.41) is 19.2. The molecule has 2 aliphatic rings. The van der Waals surface area contributed by atoms with Crippen LogP contribution in [0.3, 0.4) is 0 Å². The number of piperidine rings is 2. The lowest BCUT2D eigenvalue weighted by Crippen LogP contribution is -2.70. The van der Waals surface area contributed by atoms with E-state index in [1.165, 1.54) is 7.11 Å². The second-order valence-corrected chi connectivity index (χ2v) is 9.19. The van der Waals surface area contributed by atoms with E-state index in [9.17, 15) is 5.02 Å². The van der Waals surface area contributed by atoms with Crippen molar-refractivity contribution in [3.63, 3.8) is 0 Å². The maximum Gasteiger partial charge on any atom is 0.377 e. The van der Waals surface area contributed by atoms with Crippen LogP contribution in [0.5, 0.6) is 11.6 Å². The van der Waals surface area contributed by atoms with E-state index in [4.69, 9.17) is 25.8 Å². The van der Waals surface area contributed by atoms with Crippen molar-refractivity contribution in [3.05, 3.63) is 35.4 Å². The highest BCUT2D eigenvalue weighted by Crippen LogP contribution is 2.44. The van der Waals surface area contributed by atoms with Crippen LogP contribution in [0.25, 0.3) is 11.3 Å². The summed E-state index contributed by atoms with van der Waals surface area (Å²) in [4.78, 5) is 1.91. The van der Waals surface area contributed by atoms with E-state index in [1.807, 2.05) is 4.81 Å². The largest absolute Gasteiger partial charge is 0.470 e. The molecule has 0 aliphatic carbocycles. The van der Waals surface area contributed by atoms with Crippen LogP contribution in [0.4, 0.5) is 4.39 Å². The Morgan fingerprint density at radius 2 is 2.12 bits per heavy atom. The first-order valence-corrected chi connectivity index (χ1v) is 11.2. The van der Waals surface area contributed by atoms with Gasteiger partial charge in [-0.15, -0.1) is 10.2 Å². The van der Waals surface area contributed by atoms with E-state index in [0.29, 0.717) is 34.9 Å². The monoisotopic (exact) mass is 463 g/mol. The van der Waals surface area contributed by atoms with Gasteiger partial charge in [0.15, 0.2) is 13.0 Å². The van der Waals surface area contributed by atoms with Crippen molar-refractivity contribution in [3.8, 4) is 22.9 Å². The molecule has 0 saturated carbocycles. The number of rotatable bonds is 7. The van der Waals surface area contributed by atoms with Gasteiger partial charge in [0.25, 0.3) is 0 Å². The summed E-state index contributed by atoms with van der Waals surface area (Å²) in [5.74, 6) is 0.791. The minimum Gasteiger partial charge on any atom is -0.470 e. The molecular weight excluding hydrogens is 436 g/mol. The third-order valence-corrected chi connectivity index (χ3v) is 6.66. The quantitative estimate of drug-likeness (QED) is 0.491. The van der Waals surface area contributed by atoms with E-state index < -0.39 is 19.3 Å². The van der Waals surface area contributed by atoms with Crippen molar-refractivity contribution >= 4 is 18.7 Å². The number of halogens is 2. The van der Waals surface area contributed by atoms with Gasteiger partial charge in [-0.3, -0.25) is 0 Å². The van der Waals surface area contributed by atoms with Gasteiger partial charge in [0.2, 0.25) is 5.88 Å². The van der Waals surface area contributed by atoms with Crippen LogP contribution in [0.1, 0.15) is 32.6 Å². The zero-order valence-corrected chi connectivity index (χ0v) is 19.3. The van der Waals surface area contributed by atoms with E-state index in [-0.39, 0.29) is 24.3 Å². The molecule has 7 nitrogen and oxygen atoms in total. The Morgan fingerprint density at radius 1 is 1.31 bits per heavy atom. The van der Waals surface area contributed by atoms with Crippen molar-refractivity contribution in [2.45, 2.75) is 63.3 Å². The Morgan fingerprint density at radius 3 is 2.81 bits per heavy atom. The van der Waals surface area contributed by atoms with Gasteiger partial charge < -0.3 is 24.0 Å². The van der Waals surface area contributed by atoms with Crippen LogP contribution in [-0.2, 0) is 4.74 Å². The standard InChI is InChI=1S/C22H28BClFN3O4/c1-22-10-4-5-17(28(22)23(2)29)21(25)19(12-22)32-20-9-8-16(26-27-20)15-7-6-14(24)11-18(15)31-13-30-3/h6-9,11,17,19,21,29H,4-5,10,12-13H2,1-3H3/t17?,19-,21+,22-/m0/s1. The summed E-state index contributed by atoms with van der Waals surface area (Å²) >= 11 is 6.08. The molecule has 3 heterocycles. The third kappa shape index (κ3) is 4.57. The third-order valence-electron chi connectivity index (χ3n) is 6.43. The molecule has 2 aliphatic heterocycles. The first-order chi connectivity index (χ1) is 15.3. The number of aromatic nitrogens is 2. The smallest absolute Gasteiger partial charge is 0.377 e. The van der Waals surface area contributed by atoms with Crippen LogP contribution in [0.2, 0.25) is 11.8 Å². The molecule has 2 aromatic rings. The van der Waals surface area contributed by atoms with Crippen LogP contribution >= 0.6 is 11.6 Å². The minimum absolute atomic E-state index is 0.0743. The number of nitrogens with zero attached hydrogens (tertiary/aromatic N) is 3. The van der Waals surface area contributed by atoms with Crippen molar-refractivity contribution < 1.29 is 23.6 Å². The number of hydrogen-bond donors (Lipinski definition) is 1.